The summed E-state index contributed by atoms with van der Waals surface area (Å²) in [4.78, 5) is 27.5. The Labute approximate surface area is 188 Å². The molecule has 1 heterocycles. The SMILES string of the molecule is COc1ccc(C2=C(Nc3ccc(OC)c(Cl)c3)C(=O)N(c3ccccc3F)C2=O)cc1. The normalized spacial score (nSPS) is 13.6. The summed E-state index contributed by atoms with van der Waals surface area (Å²) in [5, 5.41) is 3.31. The Morgan fingerprint density at radius 2 is 1.62 bits per heavy atom. The van der Waals surface area contributed by atoms with Crippen molar-refractivity contribution in [3.8, 4) is 11.5 Å². The first kappa shape index (κ1) is 21.4. The van der Waals surface area contributed by atoms with E-state index < -0.39 is 17.6 Å². The molecule has 0 aromatic heterocycles. The number of para-hydroxylation sites is 1. The average molecular weight is 453 g/mol. The van der Waals surface area contributed by atoms with Gasteiger partial charge in [0.15, 0.2) is 0 Å². The molecule has 3 aromatic carbocycles. The molecule has 1 aliphatic rings. The van der Waals surface area contributed by atoms with Crippen LogP contribution in [0.4, 0.5) is 15.8 Å². The minimum atomic E-state index is -0.683. The van der Waals surface area contributed by atoms with Crippen LogP contribution in [0.25, 0.3) is 5.57 Å². The third kappa shape index (κ3) is 3.78. The van der Waals surface area contributed by atoms with Crippen LogP contribution in [0.3, 0.4) is 0 Å². The highest BCUT2D eigenvalue weighted by atomic mass is 35.5. The number of carbonyl (C=O) groups is 2. The fourth-order valence-electron chi connectivity index (χ4n) is 3.41. The molecule has 0 spiro atoms. The van der Waals surface area contributed by atoms with Crippen LogP contribution in [0.5, 0.6) is 11.5 Å². The minimum Gasteiger partial charge on any atom is -0.497 e. The summed E-state index contributed by atoms with van der Waals surface area (Å²) in [5.41, 5.74) is 0.925. The van der Waals surface area contributed by atoms with E-state index in [2.05, 4.69) is 5.32 Å². The standard InChI is InChI=1S/C24H18ClFN2O4/c1-31-16-10-7-14(8-11-16)21-22(27-15-9-12-20(32-2)17(25)13-15)24(30)28(23(21)29)19-6-4-3-5-18(19)26/h3-13,27H,1-2H3. The van der Waals surface area contributed by atoms with Crippen molar-refractivity contribution in [2.75, 3.05) is 24.4 Å². The zero-order valence-electron chi connectivity index (χ0n) is 17.2. The second kappa shape index (κ2) is 8.72. The number of anilines is 2. The number of amides is 2. The van der Waals surface area contributed by atoms with Crippen molar-refractivity contribution >= 4 is 40.4 Å². The molecule has 0 bridgehead atoms. The van der Waals surface area contributed by atoms with Gasteiger partial charge in [-0.25, -0.2) is 9.29 Å². The lowest BCUT2D eigenvalue weighted by molar-refractivity contribution is -0.120. The maximum absolute atomic E-state index is 14.5. The molecule has 6 nitrogen and oxygen atoms in total. The van der Waals surface area contributed by atoms with Crippen LogP contribution in [-0.4, -0.2) is 26.0 Å². The molecule has 3 aromatic rings. The van der Waals surface area contributed by atoms with E-state index >= 15 is 0 Å². The Hall–Kier alpha value is -3.84. The van der Waals surface area contributed by atoms with Crippen molar-refractivity contribution in [3.05, 3.63) is 88.8 Å². The smallest absolute Gasteiger partial charge is 0.282 e. The van der Waals surface area contributed by atoms with Gasteiger partial charge in [0, 0.05) is 5.69 Å². The van der Waals surface area contributed by atoms with Crippen molar-refractivity contribution < 1.29 is 23.5 Å². The first-order chi connectivity index (χ1) is 15.4. The van der Waals surface area contributed by atoms with Crippen LogP contribution >= 0.6 is 11.6 Å². The number of hydrogen-bond donors (Lipinski definition) is 1. The maximum atomic E-state index is 14.5. The Morgan fingerprint density at radius 3 is 2.25 bits per heavy atom. The van der Waals surface area contributed by atoms with Crippen LogP contribution in [0.2, 0.25) is 5.02 Å². The molecule has 8 heteroatoms. The van der Waals surface area contributed by atoms with Gasteiger partial charge < -0.3 is 14.8 Å². The Bertz CT molecular complexity index is 1240. The van der Waals surface area contributed by atoms with Crippen LogP contribution in [0.1, 0.15) is 5.56 Å². The lowest BCUT2D eigenvalue weighted by Crippen LogP contribution is -2.33. The van der Waals surface area contributed by atoms with Gasteiger partial charge >= 0.3 is 0 Å². The van der Waals surface area contributed by atoms with E-state index in [4.69, 9.17) is 21.1 Å². The highest BCUT2D eigenvalue weighted by molar-refractivity contribution is 6.46. The molecule has 0 saturated carbocycles. The number of rotatable bonds is 6. The summed E-state index contributed by atoms with van der Waals surface area (Å²) in [6.45, 7) is 0. The number of ether oxygens (including phenoxy) is 2. The van der Waals surface area contributed by atoms with Crippen molar-refractivity contribution in [2.24, 2.45) is 0 Å². The fourth-order valence-corrected chi connectivity index (χ4v) is 3.67. The molecule has 0 radical (unpaired) electrons. The lowest BCUT2D eigenvalue weighted by atomic mass is 10.0. The lowest BCUT2D eigenvalue weighted by Gasteiger charge is -2.16. The predicted molar refractivity (Wildman–Crippen MR) is 120 cm³/mol. The second-order valence-corrected chi connectivity index (χ2v) is 7.26. The molecular weight excluding hydrogens is 435 g/mol. The van der Waals surface area contributed by atoms with Crippen LogP contribution in [0, 0.1) is 5.82 Å². The summed E-state index contributed by atoms with van der Waals surface area (Å²) in [5.74, 6) is -0.959. The summed E-state index contributed by atoms with van der Waals surface area (Å²) < 4.78 is 24.8. The molecule has 0 aliphatic carbocycles. The maximum Gasteiger partial charge on any atom is 0.282 e. The quantitative estimate of drug-likeness (QED) is 0.539. The summed E-state index contributed by atoms with van der Waals surface area (Å²) in [7, 11) is 3.02. The molecule has 4 rings (SSSR count). The topological polar surface area (TPSA) is 67.9 Å². The number of benzene rings is 3. The van der Waals surface area contributed by atoms with Gasteiger partial charge in [-0.3, -0.25) is 9.59 Å². The third-order valence-corrected chi connectivity index (χ3v) is 5.27. The van der Waals surface area contributed by atoms with Crippen molar-refractivity contribution in [1.29, 1.82) is 0 Å². The largest absolute Gasteiger partial charge is 0.497 e. The Kier molecular flexibility index (Phi) is 5.83. The summed E-state index contributed by atoms with van der Waals surface area (Å²) >= 11 is 6.21. The van der Waals surface area contributed by atoms with E-state index in [9.17, 15) is 14.0 Å². The average Bonchev–Trinajstić information content (AvgIpc) is 3.04. The van der Waals surface area contributed by atoms with E-state index in [1.54, 1.807) is 48.5 Å². The number of halogens is 2. The van der Waals surface area contributed by atoms with Crippen molar-refractivity contribution in [1.82, 2.24) is 0 Å². The van der Waals surface area contributed by atoms with Crippen molar-refractivity contribution in [2.45, 2.75) is 0 Å². The van der Waals surface area contributed by atoms with E-state index in [0.29, 0.717) is 27.8 Å². The third-order valence-electron chi connectivity index (χ3n) is 4.98. The molecule has 1 aliphatic heterocycles. The first-order valence-electron chi connectivity index (χ1n) is 9.57. The number of nitrogens with one attached hydrogen (secondary N) is 1. The molecule has 1 N–H and O–H groups in total. The van der Waals surface area contributed by atoms with Gasteiger partial charge in [0.25, 0.3) is 11.8 Å². The van der Waals surface area contributed by atoms with E-state index in [0.717, 1.165) is 4.90 Å². The predicted octanol–water partition coefficient (Wildman–Crippen LogP) is 4.89. The highest BCUT2D eigenvalue weighted by Gasteiger charge is 2.41. The molecule has 162 valence electrons. The molecule has 0 fully saturated rings. The molecular formula is C24H18ClFN2O4. The van der Waals surface area contributed by atoms with Gasteiger partial charge in [-0.05, 0) is 48.0 Å². The van der Waals surface area contributed by atoms with Gasteiger partial charge in [0.05, 0.1) is 30.5 Å². The van der Waals surface area contributed by atoms with Crippen LogP contribution < -0.4 is 19.7 Å². The molecule has 0 saturated heterocycles. The number of methoxy groups -OCH3 is 2. The molecule has 0 atom stereocenters. The monoisotopic (exact) mass is 452 g/mol. The highest BCUT2D eigenvalue weighted by Crippen LogP contribution is 2.36. The molecule has 2 amide bonds. The van der Waals surface area contributed by atoms with E-state index in [-0.39, 0.29) is 17.0 Å². The zero-order chi connectivity index (χ0) is 22.8. The second-order valence-electron chi connectivity index (χ2n) is 6.85. The molecule has 32 heavy (non-hydrogen) atoms. The van der Waals surface area contributed by atoms with Gasteiger partial charge in [-0.15, -0.1) is 0 Å². The Morgan fingerprint density at radius 1 is 0.906 bits per heavy atom. The van der Waals surface area contributed by atoms with Crippen LogP contribution in [-0.2, 0) is 9.59 Å². The van der Waals surface area contributed by atoms with E-state index in [1.807, 2.05) is 0 Å². The number of hydrogen-bond acceptors (Lipinski definition) is 5. The summed E-state index contributed by atoms with van der Waals surface area (Å²) in [6.07, 6.45) is 0. The zero-order valence-corrected chi connectivity index (χ0v) is 17.9. The van der Waals surface area contributed by atoms with E-state index in [1.165, 1.54) is 32.4 Å². The number of nitrogens with zero attached hydrogens (tertiary/aromatic N) is 1. The van der Waals surface area contributed by atoms with Gasteiger partial charge in [-0.1, -0.05) is 35.9 Å². The first-order valence-corrected chi connectivity index (χ1v) is 9.95. The van der Waals surface area contributed by atoms with Crippen LogP contribution in [0.15, 0.2) is 72.4 Å². The minimum absolute atomic E-state index is 0.00431. The molecule has 0 unspecified atom stereocenters. The van der Waals surface area contributed by atoms with Gasteiger partial charge in [0.2, 0.25) is 0 Å². The van der Waals surface area contributed by atoms with Gasteiger partial charge in [-0.2, -0.15) is 0 Å². The Balaban J connectivity index is 1.82. The fraction of sp³-hybridized carbons (Fsp3) is 0.0833. The summed E-state index contributed by atoms with van der Waals surface area (Å²) in [6, 6.07) is 17.1. The van der Waals surface area contributed by atoms with Gasteiger partial charge in [0.1, 0.15) is 23.0 Å². The van der Waals surface area contributed by atoms with Crippen molar-refractivity contribution in [3.63, 3.8) is 0 Å². The number of carbonyl (C=O) groups excluding carboxylic acids is 2. The number of imide groups is 1.